The molecule has 26 heavy (non-hydrogen) atoms. The number of rotatable bonds is 4. The SMILES string of the molecule is O=C(Nc1ccncc1)N(Cc1cccc(C(F)(F)F)c1)C1CCCC1. The van der Waals surface area contributed by atoms with Crippen LogP contribution < -0.4 is 5.32 Å². The predicted octanol–water partition coefficient (Wildman–Crippen LogP) is 5.08. The molecule has 0 atom stereocenters. The van der Waals surface area contributed by atoms with Gasteiger partial charge >= 0.3 is 12.2 Å². The van der Waals surface area contributed by atoms with Crippen LogP contribution in [-0.4, -0.2) is 22.0 Å². The van der Waals surface area contributed by atoms with Crippen molar-refractivity contribution in [2.75, 3.05) is 5.32 Å². The summed E-state index contributed by atoms with van der Waals surface area (Å²) in [5.41, 5.74) is 0.379. The summed E-state index contributed by atoms with van der Waals surface area (Å²) in [6.45, 7) is 0.144. The fourth-order valence-electron chi connectivity index (χ4n) is 3.26. The van der Waals surface area contributed by atoms with Crippen LogP contribution in [0, 0.1) is 0 Å². The van der Waals surface area contributed by atoms with E-state index in [0.29, 0.717) is 11.3 Å². The number of hydrogen-bond acceptors (Lipinski definition) is 2. The smallest absolute Gasteiger partial charge is 0.317 e. The number of benzene rings is 1. The molecule has 0 spiro atoms. The Balaban J connectivity index is 1.79. The molecule has 7 heteroatoms. The molecule has 1 aromatic heterocycles. The van der Waals surface area contributed by atoms with Gasteiger partial charge in [0.1, 0.15) is 0 Å². The van der Waals surface area contributed by atoms with E-state index < -0.39 is 11.7 Å². The maximum absolute atomic E-state index is 13.0. The Hall–Kier alpha value is -2.57. The minimum absolute atomic E-state index is 0.0337. The largest absolute Gasteiger partial charge is 0.416 e. The van der Waals surface area contributed by atoms with Gasteiger partial charge in [0.15, 0.2) is 0 Å². The minimum atomic E-state index is -4.40. The number of nitrogens with one attached hydrogen (secondary N) is 1. The molecule has 2 amide bonds. The third-order valence-corrected chi connectivity index (χ3v) is 4.57. The number of hydrogen-bond donors (Lipinski definition) is 1. The first-order chi connectivity index (χ1) is 12.4. The van der Waals surface area contributed by atoms with Crippen LogP contribution in [0.2, 0.25) is 0 Å². The Bertz CT molecular complexity index is 743. The lowest BCUT2D eigenvalue weighted by Gasteiger charge is -2.29. The normalized spacial score (nSPS) is 15.0. The molecule has 0 saturated heterocycles. The fraction of sp³-hybridized carbons (Fsp3) is 0.368. The van der Waals surface area contributed by atoms with Crippen molar-refractivity contribution in [2.24, 2.45) is 0 Å². The van der Waals surface area contributed by atoms with Crippen LogP contribution in [0.5, 0.6) is 0 Å². The van der Waals surface area contributed by atoms with Crippen molar-refractivity contribution in [2.45, 2.75) is 44.4 Å². The highest BCUT2D eigenvalue weighted by molar-refractivity contribution is 5.89. The van der Waals surface area contributed by atoms with Crippen molar-refractivity contribution >= 4 is 11.7 Å². The highest BCUT2D eigenvalue weighted by Crippen LogP contribution is 2.31. The first-order valence-corrected chi connectivity index (χ1v) is 8.57. The number of urea groups is 1. The standard InChI is InChI=1S/C19H20F3N3O/c20-19(21,22)15-5-3-4-14(12-15)13-25(17-6-1-2-7-17)18(26)24-16-8-10-23-11-9-16/h3-5,8-12,17H,1-2,6-7,13H2,(H,23,24,26). The first kappa shape index (κ1) is 18.2. The third-order valence-electron chi connectivity index (χ3n) is 4.57. The van der Waals surface area contributed by atoms with Gasteiger partial charge in [-0.05, 0) is 42.7 Å². The van der Waals surface area contributed by atoms with E-state index in [1.165, 1.54) is 6.07 Å². The summed E-state index contributed by atoms with van der Waals surface area (Å²) in [5.74, 6) is 0. The molecule has 2 aromatic rings. The zero-order valence-electron chi connectivity index (χ0n) is 14.2. The predicted molar refractivity (Wildman–Crippen MR) is 92.5 cm³/mol. The Morgan fingerprint density at radius 1 is 1.15 bits per heavy atom. The maximum atomic E-state index is 13.0. The van der Waals surface area contributed by atoms with E-state index in [9.17, 15) is 18.0 Å². The van der Waals surface area contributed by atoms with Crippen molar-refractivity contribution in [1.29, 1.82) is 0 Å². The summed E-state index contributed by atoms with van der Waals surface area (Å²) in [5, 5.41) is 2.81. The summed E-state index contributed by atoms with van der Waals surface area (Å²) in [4.78, 5) is 18.3. The van der Waals surface area contributed by atoms with E-state index in [1.807, 2.05) is 0 Å². The van der Waals surface area contributed by atoms with Crippen LogP contribution in [0.1, 0.15) is 36.8 Å². The molecule has 4 nitrogen and oxygen atoms in total. The molecule has 138 valence electrons. The molecule has 1 aliphatic rings. The van der Waals surface area contributed by atoms with Crippen molar-refractivity contribution < 1.29 is 18.0 Å². The molecular weight excluding hydrogens is 343 g/mol. The van der Waals surface area contributed by atoms with Crippen LogP contribution in [-0.2, 0) is 12.7 Å². The van der Waals surface area contributed by atoms with Gasteiger partial charge < -0.3 is 10.2 Å². The summed E-state index contributed by atoms with van der Waals surface area (Å²) in [6.07, 6.45) is 2.52. The zero-order valence-corrected chi connectivity index (χ0v) is 14.2. The molecule has 1 aromatic carbocycles. The van der Waals surface area contributed by atoms with Gasteiger partial charge in [-0.3, -0.25) is 4.98 Å². The average molecular weight is 363 g/mol. The number of amides is 2. The van der Waals surface area contributed by atoms with Gasteiger partial charge in [0.2, 0.25) is 0 Å². The van der Waals surface area contributed by atoms with Crippen LogP contribution in [0.15, 0.2) is 48.8 Å². The quantitative estimate of drug-likeness (QED) is 0.824. The number of nitrogens with zero attached hydrogens (tertiary/aromatic N) is 2. The number of carbonyl (C=O) groups excluding carboxylic acids is 1. The van der Waals surface area contributed by atoms with Gasteiger partial charge in [-0.1, -0.05) is 25.0 Å². The third kappa shape index (κ3) is 4.53. The Labute approximate surface area is 150 Å². The number of anilines is 1. The van der Waals surface area contributed by atoms with Crippen LogP contribution >= 0.6 is 0 Å². The Morgan fingerprint density at radius 3 is 2.50 bits per heavy atom. The lowest BCUT2D eigenvalue weighted by Crippen LogP contribution is -2.41. The van der Waals surface area contributed by atoms with E-state index in [4.69, 9.17) is 0 Å². The molecule has 1 heterocycles. The monoisotopic (exact) mass is 363 g/mol. The average Bonchev–Trinajstić information content (AvgIpc) is 3.14. The summed E-state index contributed by atoms with van der Waals surface area (Å²) >= 11 is 0. The zero-order chi connectivity index (χ0) is 18.6. The molecule has 1 N–H and O–H groups in total. The second-order valence-electron chi connectivity index (χ2n) is 6.43. The van der Waals surface area contributed by atoms with Crippen LogP contribution in [0.25, 0.3) is 0 Å². The number of pyridine rings is 1. The van der Waals surface area contributed by atoms with Crippen LogP contribution in [0.3, 0.4) is 0 Å². The number of aromatic nitrogens is 1. The van der Waals surface area contributed by atoms with Gasteiger partial charge in [0, 0.05) is 30.7 Å². The molecule has 3 rings (SSSR count). The highest BCUT2D eigenvalue weighted by Gasteiger charge is 2.31. The molecule has 1 saturated carbocycles. The number of halogens is 3. The fourth-order valence-corrected chi connectivity index (χ4v) is 3.26. The Kier molecular flexibility index (Phi) is 5.44. The molecule has 0 bridgehead atoms. The summed E-state index contributed by atoms with van der Waals surface area (Å²) in [7, 11) is 0. The number of alkyl halides is 3. The molecule has 1 aliphatic carbocycles. The topological polar surface area (TPSA) is 45.2 Å². The lowest BCUT2D eigenvalue weighted by atomic mass is 10.1. The van der Waals surface area contributed by atoms with Crippen LogP contribution in [0.4, 0.5) is 23.7 Å². The number of carbonyl (C=O) groups is 1. The van der Waals surface area contributed by atoms with E-state index in [1.54, 1.807) is 35.5 Å². The molecule has 1 fully saturated rings. The van der Waals surface area contributed by atoms with Gasteiger partial charge in [0.25, 0.3) is 0 Å². The molecule has 0 aliphatic heterocycles. The van der Waals surface area contributed by atoms with Gasteiger partial charge in [-0.25, -0.2) is 4.79 Å². The van der Waals surface area contributed by atoms with E-state index >= 15 is 0 Å². The van der Waals surface area contributed by atoms with Crippen molar-refractivity contribution in [3.8, 4) is 0 Å². The van der Waals surface area contributed by atoms with Crippen molar-refractivity contribution in [3.63, 3.8) is 0 Å². The summed E-state index contributed by atoms with van der Waals surface area (Å²) < 4.78 is 38.9. The van der Waals surface area contributed by atoms with Gasteiger partial charge in [-0.15, -0.1) is 0 Å². The van der Waals surface area contributed by atoms with E-state index in [0.717, 1.165) is 37.8 Å². The van der Waals surface area contributed by atoms with Gasteiger partial charge in [-0.2, -0.15) is 13.2 Å². The minimum Gasteiger partial charge on any atom is -0.317 e. The molecular formula is C19H20F3N3O. The first-order valence-electron chi connectivity index (χ1n) is 8.57. The highest BCUT2D eigenvalue weighted by atomic mass is 19.4. The van der Waals surface area contributed by atoms with Crippen molar-refractivity contribution in [1.82, 2.24) is 9.88 Å². The van der Waals surface area contributed by atoms with Crippen molar-refractivity contribution in [3.05, 3.63) is 59.9 Å². The van der Waals surface area contributed by atoms with E-state index in [2.05, 4.69) is 10.3 Å². The van der Waals surface area contributed by atoms with E-state index in [-0.39, 0.29) is 18.6 Å². The second kappa shape index (κ2) is 7.76. The summed E-state index contributed by atoms with van der Waals surface area (Å²) in [6, 6.07) is 8.24. The Morgan fingerprint density at radius 2 is 1.85 bits per heavy atom. The maximum Gasteiger partial charge on any atom is 0.416 e. The second-order valence-corrected chi connectivity index (χ2v) is 6.43. The molecule has 0 radical (unpaired) electrons. The van der Waals surface area contributed by atoms with Gasteiger partial charge in [0.05, 0.1) is 5.56 Å². The molecule has 0 unspecified atom stereocenters. The lowest BCUT2D eigenvalue weighted by molar-refractivity contribution is -0.137.